The minimum absolute atomic E-state index is 0.237. The van der Waals surface area contributed by atoms with Crippen LogP contribution in [0.4, 0.5) is 5.82 Å². The van der Waals surface area contributed by atoms with E-state index in [1.54, 1.807) is 35.0 Å². The summed E-state index contributed by atoms with van der Waals surface area (Å²) in [5, 5.41) is 10.4. The number of nitrogen functional groups attached to an aromatic ring is 1. The Kier molecular flexibility index (Phi) is 3.79. The first-order chi connectivity index (χ1) is 12.6. The zero-order valence-electron chi connectivity index (χ0n) is 13.6. The Labute approximate surface area is 153 Å². The molecule has 0 atom stereocenters. The SMILES string of the molecule is N#Cc1cc2c(=O)n3ccccc3nc2[n+](Cc2ccc(Cl)cc2)c1N. The summed E-state index contributed by atoms with van der Waals surface area (Å²) in [6.45, 7) is 0.366. The normalized spacial score (nSPS) is 10.9. The van der Waals surface area contributed by atoms with Crippen LogP contribution in [-0.2, 0) is 6.54 Å². The summed E-state index contributed by atoms with van der Waals surface area (Å²) in [6.07, 6.45) is 1.65. The molecule has 0 radical (unpaired) electrons. The van der Waals surface area contributed by atoms with Gasteiger partial charge in [0.05, 0.1) is 6.54 Å². The number of fused-ring (bicyclic) bond motifs is 2. The molecule has 3 heterocycles. The van der Waals surface area contributed by atoms with Gasteiger partial charge in [-0.05, 0) is 35.9 Å². The molecule has 0 saturated heterocycles. The fraction of sp³-hybridized carbons (Fsp3) is 0.0526. The van der Waals surface area contributed by atoms with Crippen molar-refractivity contribution in [2.45, 2.75) is 6.54 Å². The Hall–Kier alpha value is -3.43. The van der Waals surface area contributed by atoms with Crippen molar-refractivity contribution < 1.29 is 4.57 Å². The fourth-order valence-corrected chi connectivity index (χ4v) is 3.05. The van der Waals surface area contributed by atoms with E-state index in [2.05, 4.69) is 11.1 Å². The van der Waals surface area contributed by atoms with Crippen LogP contribution in [0.3, 0.4) is 0 Å². The van der Waals surface area contributed by atoms with Crippen LogP contribution >= 0.6 is 11.6 Å². The second-order valence-corrected chi connectivity index (χ2v) is 6.29. The number of nitrogens with zero attached hydrogens (tertiary/aromatic N) is 4. The molecule has 126 valence electrons. The highest BCUT2D eigenvalue weighted by Crippen LogP contribution is 2.15. The molecule has 2 N–H and O–H groups in total. The topological polar surface area (TPSA) is 88.1 Å². The molecule has 0 spiro atoms. The molecular weight excluding hydrogens is 350 g/mol. The molecule has 0 unspecified atom stereocenters. The first-order valence-corrected chi connectivity index (χ1v) is 8.24. The number of benzene rings is 1. The third-order valence-electron chi connectivity index (χ3n) is 4.23. The summed E-state index contributed by atoms with van der Waals surface area (Å²) in [6, 6.07) is 16.2. The summed E-state index contributed by atoms with van der Waals surface area (Å²) in [5.74, 6) is 0.266. The Balaban J connectivity index is 2.06. The van der Waals surface area contributed by atoms with E-state index >= 15 is 0 Å². The van der Waals surface area contributed by atoms with Crippen molar-refractivity contribution in [2.75, 3.05) is 5.73 Å². The molecule has 0 fully saturated rings. The van der Waals surface area contributed by atoms with Crippen molar-refractivity contribution in [3.63, 3.8) is 0 Å². The molecule has 0 aliphatic carbocycles. The standard InChI is InChI=1S/C19H12ClN5O/c20-14-6-4-12(5-7-14)11-25-17(22)13(10-21)9-15-18(25)23-16-3-1-2-8-24(16)19(15)26/h1-9,22H,11H2/p+1. The number of nitriles is 1. The summed E-state index contributed by atoms with van der Waals surface area (Å²) < 4.78 is 3.14. The van der Waals surface area contributed by atoms with Crippen molar-refractivity contribution in [3.8, 4) is 6.07 Å². The zero-order chi connectivity index (χ0) is 18.3. The Bertz CT molecular complexity index is 1260. The molecule has 1 aromatic carbocycles. The van der Waals surface area contributed by atoms with Crippen molar-refractivity contribution >= 4 is 34.1 Å². The highest BCUT2D eigenvalue weighted by atomic mass is 35.5. The molecule has 0 aliphatic rings. The number of rotatable bonds is 2. The highest BCUT2D eigenvalue weighted by molar-refractivity contribution is 6.30. The number of halogens is 1. The molecule has 7 heteroatoms. The molecule has 0 saturated carbocycles. The van der Waals surface area contributed by atoms with Crippen molar-refractivity contribution in [1.82, 2.24) is 9.38 Å². The van der Waals surface area contributed by atoms with Gasteiger partial charge in [-0.2, -0.15) is 5.26 Å². The lowest BCUT2D eigenvalue weighted by Gasteiger charge is -2.09. The van der Waals surface area contributed by atoms with Gasteiger partial charge in [0.1, 0.15) is 17.0 Å². The van der Waals surface area contributed by atoms with Gasteiger partial charge in [0.2, 0.25) is 11.5 Å². The molecule has 0 bridgehead atoms. The minimum Gasteiger partial charge on any atom is -0.317 e. The van der Waals surface area contributed by atoms with Gasteiger partial charge in [0.25, 0.3) is 11.2 Å². The van der Waals surface area contributed by atoms with Crippen LogP contribution in [0.15, 0.2) is 59.5 Å². The fourth-order valence-electron chi connectivity index (χ4n) is 2.92. The number of anilines is 1. The number of hydrogen-bond acceptors (Lipinski definition) is 4. The van der Waals surface area contributed by atoms with E-state index in [0.717, 1.165) is 5.56 Å². The lowest BCUT2D eigenvalue weighted by atomic mass is 10.1. The lowest BCUT2D eigenvalue weighted by molar-refractivity contribution is -0.649. The summed E-state index contributed by atoms with van der Waals surface area (Å²) >= 11 is 5.94. The van der Waals surface area contributed by atoms with E-state index in [1.807, 2.05) is 18.2 Å². The Morgan fingerprint density at radius 3 is 2.73 bits per heavy atom. The van der Waals surface area contributed by atoms with Crippen LogP contribution in [0, 0.1) is 11.3 Å². The number of hydrogen-bond donors (Lipinski definition) is 1. The second kappa shape index (κ2) is 6.14. The van der Waals surface area contributed by atoms with E-state index in [4.69, 9.17) is 17.3 Å². The van der Waals surface area contributed by atoms with E-state index in [1.165, 1.54) is 10.5 Å². The second-order valence-electron chi connectivity index (χ2n) is 5.85. The van der Waals surface area contributed by atoms with Gasteiger partial charge < -0.3 is 5.73 Å². The lowest BCUT2D eigenvalue weighted by Crippen LogP contribution is -2.41. The van der Waals surface area contributed by atoms with Gasteiger partial charge in [-0.25, -0.2) is 4.57 Å². The average molecular weight is 363 g/mol. The third kappa shape index (κ3) is 2.55. The van der Waals surface area contributed by atoms with Crippen LogP contribution in [-0.4, -0.2) is 9.38 Å². The van der Waals surface area contributed by atoms with E-state index < -0.39 is 0 Å². The Morgan fingerprint density at radius 1 is 1.23 bits per heavy atom. The molecule has 0 amide bonds. The van der Waals surface area contributed by atoms with Gasteiger partial charge in [-0.1, -0.05) is 34.8 Å². The predicted octanol–water partition coefficient (Wildman–Crippen LogP) is 2.29. The number of aromatic nitrogens is 3. The maximum absolute atomic E-state index is 12.9. The minimum atomic E-state index is -0.244. The molecule has 26 heavy (non-hydrogen) atoms. The monoisotopic (exact) mass is 362 g/mol. The summed E-state index contributed by atoms with van der Waals surface area (Å²) in [7, 11) is 0. The predicted molar refractivity (Wildman–Crippen MR) is 98.8 cm³/mol. The van der Waals surface area contributed by atoms with Gasteiger partial charge >= 0.3 is 0 Å². The summed E-state index contributed by atoms with van der Waals surface area (Å²) in [4.78, 5) is 17.5. The molecular formula is C19H13ClN5O+. The van der Waals surface area contributed by atoms with Crippen molar-refractivity contribution in [2.24, 2.45) is 0 Å². The van der Waals surface area contributed by atoms with Gasteiger partial charge in [0.15, 0.2) is 0 Å². The van der Waals surface area contributed by atoms with Crippen LogP contribution in [0.5, 0.6) is 0 Å². The van der Waals surface area contributed by atoms with Gasteiger partial charge in [0, 0.05) is 11.2 Å². The van der Waals surface area contributed by atoms with Gasteiger partial charge in [-0.3, -0.25) is 9.20 Å². The molecule has 3 aromatic heterocycles. The van der Waals surface area contributed by atoms with E-state index in [-0.39, 0.29) is 16.9 Å². The van der Waals surface area contributed by atoms with E-state index in [0.29, 0.717) is 28.2 Å². The molecule has 0 aliphatic heterocycles. The van der Waals surface area contributed by atoms with Crippen molar-refractivity contribution in [3.05, 3.63) is 81.2 Å². The zero-order valence-corrected chi connectivity index (χ0v) is 14.3. The number of pyridine rings is 2. The largest absolute Gasteiger partial charge is 0.317 e. The Morgan fingerprint density at radius 2 is 2.00 bits per heavy atom. The first kappa shape index (κ1) is 16.1. The first-order valence-electron chi connectivity index (χ1n) is 7.86. The average Bonchev–Trinajstić information content (AvgIpc) is 2.66. The quantitative estimate of drug-likeness (QED) is 0.437. The highest BCUT2D eigenvalue weighted by Gasteiger charge is 2.21. The maximum Gasteiger partial charge on any atom is 0.278 e. The van der Waals surface area contributed by atoms with Crippen LogP contribution in [0.1, 0.15) is 11.1 Å². The summed E-state index contributed by atoms with van der Waals surface area (Å²) in [5.41, 5.74) is 8.07. The molecule has 6 nitrogen and oxygen atoms in total. The van der Waals surface area contributed by atoms with Crippen LogP contribution in [0.25, 0.3) is 16.7 Å². The van der Waals surface area contributed by atoms with Crippen LogP contribution in [0.2, 0.25) is 5.02 Å². The molecule has 4 aromatic rings. The van der Waals surface area contributed by atoms with E-state index in [9.17, 15) is 10.1 Å². The van der Waals surface area contributed by atoms with Gasteiger partial charge in [-0.15, -0.1) is 0 Å². The maximum atomic E-state index is 12.9. The van der Waals surface area contributed by atoms with Crippen molar-refractivity contribution in [1.29, 1.82) is 5.26 Å². The molecule has 4 rings (SSSR count). The number of nitrogens with two attached hydrogens (primary N) is 1. The third-order valence-corrected chi connectivity index (χ3v) is 4.49. The van der Waals surface area contributed by atoms with Crippen LogP contribution < -0.4 is 15.9 Å². The smallest absolute Gasteiger partial charge is 0.278 e.